The van der Waals surface area contributed by atoms with E-state index in [2.05, 4.69) is 11.6 Å². The van der Waals surface area contributed by atoms with Crippen LogP contribution in [0.2, 0.25) is 0 Å². The summed E-state index contributed by atoms with van der Waals surface area (Å²) in [5, 5.41) is 8.71. The lowest BCUT2D eigenvalue weighted by molar-refractivity contribution is 0.0697. The maximum Gasteiger partial charge on any atom is 0.335 e. The van der Waals surface area contributed by atoms with Crippen molar-refractivity contribution in [3.8, 4) is 0 Å². The number of ether oxygens (including phenoxy) is 1. The first-order valence-electron chi connectivity index (χ1n) is 4.40. The lowest BCUT2D eigenvalue weighted by Gasteiger charge is -2.00. The van der Waals surface area contributed by atoms with Gasteiger partial charge >= 0.3 is 5.97 Å². The largest absolute Gasteiger partial charge is 0.478 e. The Labute approximate surface area is 86.5 Å². The second kappa shape index (κ2) is 3.57. The van der Waals surface area contributed by atoms with Gasteiger partial charge in [-0.1, -0.05) is 6.58 Å². The minimum Gasteiger partial charge on any atom is -0.478 e. The molecule has 76 valence electrons. The fourth-order valence-corrected chi connectivity index (χ4v) is 1.26. The lowest BCUT2D eigenvalue weighted by atomic mass is 10.1. The molecule has 1 aromatic carbocycles. The van der Waals surface area contributed by atoms with Gasteiger partial charge < -0.3 is 9.84 Å². The summed E-state index contributed by atoms with van der Waals surface area (Å²) in [5.74, 6) is -0.447. The van der Waals surface area contributed by atoms with E-state index in [9.17, 15) is 4.79 Å². The molecule has 0 spiro atoms. The van der Waals surface area contributed by atoms with E-state index in [0.717, 1.165) is 5.56 Å². The lowest BCUT2D eigenvalue weighted by Crippen LogP contribution is -2.02. The third-order valence-electron chi connectivity index (χ3n) is 2.01. The fourth-order valence-electron chi connectivity index (χ4n) is 1.26. The molecule has 1 aliphatic heterocycles. The highest BCUT2D eigenvalue weighted by atomic mass is 16.5. The summed E-state index contributed by atoms with van der Waals surface area (Å²) in [6.45, 7) is 4.07. The normalized spacial score (nSPS) is 14.7. The molecule has 4 nitrogen and oxygen atoms in total. The Hall–Kier alpha value is -2.10. The number of nitrogens with zero attached hydrogens (tertiary/aromatic N) is 1. The van der Waals surface area contributed by atoms with Gasteiger partial charge in [0.2, 0.25) is 5.90 Å². The Bertz CT molecular complexity index is 445. The van der Waals surface area contributed by atoms with Crippen LogP contribution in [0.15, 0.2) is 41.5 Å². The van der Waals surface area contributed by atoms with Crippen LogP contribution in [0.3, 0.4) is 0 Å². The summed E-state index contributed by atoms with van der Waals surface area (Å²) in [6.07, 6.45) is 0. The minimum absolute atomic E-state index is 0.246. The molecule has 0 amide bonds. The zero-order chi connectivity index (χ0) is 10.8. The molecule has 1 aliphatic rings. The van der Waals surface area contributed by atoms with Crippen LogP contribution < -0.4 is 0 Å². The highest BCUT2D eigenvalue weighted by molar-refractivity contribution is 5.97. The van der Waals surface area contributed by atoms with Crippen LogP contribution in [0.1, 0.15) is 15.9 Å². The quantitative estimate of drug-likeness (QED) is 0.795. The second-order valence-corrected chi connectivity index (χ2v) is 3.15. The smallest absolute Gasteiger partial charge is 0.335 e. The molecule has 1 heterocycles. The van der Waals surface area contributed by atoms with Crippen molar-refractivity contribution in [2.24, 2.45) is 4.99 Å². The first kappa shape index (κ1) is 9.45. The van der Waals surface area contributed by atoms with Gasteiger partial charge in [0.15, 0.2) is 0 Å². The van der Waals surface area contributed by atoms with Crippen LogP contribution in [0.5, 0.6) is 0 Å². The minimum atomic E-state index is -0.944. The van der Waals surface area contributed by atoms with E-state index >= 15 is 0 Å². The zero-order valence-electron chi connectivity index (χ0n) is 7.93. The highest BCUT2D eigenvalue weighted by Gasteiger charge is 2.13. The Balaban J connectivity index is 2.28. The second-order valence-electron chi connectivity index (χ2n) is 3.15. The van der Waals surface area contributed by atoms with Gasteiger partial charge in [0, 0.05) is 5.56 Å². The van der Waals surface area contributed by atoms with Crippen LogP contribution in [0, 0.1) is 0 Å². The Morgan fingerprint density at radius 3 is 2.53 bits per heavy atom. The summed E-state index contributed by atoms with van der Waals surface area (Å²) in [5.41, 5.74) is 1.68. The molecular weight excluding hydrogens is 194 g/mol. The van der Waals surface area contributed by atoms with Crippen molar-refractivity contribution >= 4 is 11.9 Å². The van der Waals surface area contributed by atoms with Gasteiger partial charge in [-0.05, 0) is 24.3 Å². The highest BCUT2D eigenvalue weighted by Crippen LogP contribution is 2.13. The summed E-state index contributed by atoms with van der Waals surface area (Å²) in [7, 11) is 0. The van der Waals surface area contributed by atoms with E-state index in [1.165, 1.54) is 12.1 Å². The molecule has 0 saturated heterocycles. The SMILES string of the molecule is C=C1COC(c2ccc(C(=O)O)cc2)=N1. The number of carbonyl (C=O) groups is 1. The third kappa shape index (κ3) is 1.88. The third-order valence-corrected chi connectivity index (χ3v) is 2.01. The molecule has 4 heteroatoms. The Morgan fingerprint density at radius 1 is 1.40 bits per heavy atom. The molecule has 1 aromatic rings. The summed E-state index contributed by atoms with van der Waals surface area (Å²) in [6, 6.07) is 6.37. The molecule has 0 bridgehead atoms. The van der Waals surface area contributed by atoms with E-state index in [0.29, 0.717) is 18.2 Å². The van der Waals surface area contributed by atoms with Crippen molar-refractivity contribution in [2.45, 2.75) is 0 Å². The molecule has 2 rings (SSSR count). The zero-order valence-corrected chi connectivity index (χ0v) is 7.93. The molecule has 0 atom stereocenters. The fraction of sp³-hybridized carbons (Fsp3) is 0.0909. The van der Waals surface area contributed by atoms with Crippen LogP contribution in [0.4, 0.5) is 0 Å². The number of rotatable bonds is 2. The maximum atomic E-state index is 10.6. The van der Waals surface area contributed by atoms with Gasteiger partial charge in [-0.2, -0.15) is 0 Å². The van der Waals surface area contributed by atoms with E-state index in [4.69, 9.17) is 9.84 Å². The van der Waals surface area contributed by atoms with Gasteiger partial charge in [0.1, 0.15) is 6.61 Å². The van der Waals surface area contributed by atoms with Crippen LogP contribution in [-0.2, 0) is 4.74 Å². The molecule has 0 radical (unpaired) electrons. The molecule has 0 saturated carbocycles. The summed E-state index contributed by atoms with van der Waals surface area (Å²) < 4.78 is 5.25. The standard InChI is InChI=1S/C11H9NO3/c1-7-6-15-10(12-7)8-2-4-9(5-3-8)11(13)14/h2-5H,1,6H2,(H,13,14). The van der Waals surface area contributed by atoms with Crippen molar-refractivity contribution < 1.29 is 14.6 Å². The summed E-state index contributed by atoms with van der Waals surface area (Å²) >= 11 is 0. The van der Waals surface area contributed by atoms with Gasteiger partial charge in [-0.3, -0.25) is 0 Å². The number of aliphatic imine (C=N–C) groups is 1. The van der Waals surface area contributed by atoms with Crippen molar-refractivity contribution in [3.05, 3.63) is 47.7 Å². The van der Waals surface area contributed by atoms with Crippen molar-refractivity contribution in [2.75, 3.05) is 6.61 Å². The predicted molar refractivity (Wildman–Crippen MR) is 55.0 cm³/mol. The Morgan fingerprint density at radius 2 is 2.07 bits per heavy atom. The van der Waals surface area contributed by atoms with Crippen LogP contribution in [-0.4, -0.2) is 23.6 Å². The van der Waals surface area contributed by atoms with Gasteiger partial charge in [0.25, 0.3) is 0 Å². The van der Waals surface area contributed by atoms with Crippen molar-refractivity contribution in [1.29, 1.82) is 0 Å². The van der Waals surface area contributed by atoms with E-state index < -0.39 is 5.97 Å². The number of aromatic carboxylic acids is 1. The van der Waals surface area contributed by atoms with Crippen molar-refractivity contribution in [1.82, 2.24) is 0 Å². The van der Waals surface area contributed by atoms with Crippen LogP contribution >= 0.6 is 0 Å². The first-order valence-corrected chi connectivity index (χ1v) is 4.40. The molecule has 0 aromatic heterocycles. The Kier molecular flexibility index (Phi) is 2.25. The van der Waals surface area contributed by atoms with E-state index in [1.54, 1.807) is 12.1 Å². The van der Waals surface area contributed by atoms with Gasteiger partial charge in [-0.15, -0.1) is 0 Å². The monoisotopic (exact) mass is 203 g/mol. The first-order chi connectivity index (χ1) is 7.16. The molecular formula is C11H9NO3. The van der Waals surface area contributed by atoms with Crippen LogP contribution in [0.25, 0.3) is 0 Å². The average Bonchev–Trinajstić information content (AvgIpc) is 2.65. The number of hydrogen-bond acceptors (Lipinski definition) is 3. The topological polar surface area (TPSA) is 58.9 Å². The average molecular weight is 203 g/mol. The molecule has 0 unspecified atom stereocenters. The molecule has 15 heavy (non-hydrogen) atoms. The van der Waals surface area contributed by atoms with E-state index in [-0.39, 0.29) is 5.56 Å². The molecule has 1 N–H and O–H groups in total. The predicted octanol–water partition coefficient (Wildman–Crippen LogP) is 1.68. The number of hydrogen-bond donors (Lipinski definition) is 1. The number of carboxylic acid groups (broad SMARTS) is 1. The number of carboxylic acids is 1. The molecule has 0 fully saturated rings. The van der Waals surface area contributed by atoms with E-state index in [1.807, 2.05) is 0 Å². The maximum absolute atomic E-state index is 10.6. The van der Waals surface area contributed by atoms with Gasteiger partial charge in [0.05, 0.1) is 11.3 Å². The summed E-state index contributed by atoms with van der Waals surface area (Å²) in [4.78, 5) is 14.7. The van der Waals surface area contributed by atoms with Crippen molar-refractivity contribution in [3.63, 3.8) is 0 Å². The number of benzene rings is 1. The van der Waals surface area contributed by atoms with Gasteiger partial charge in [-0.25, -0.2) is 9.79 Å². The molecule has 0 aliphatic carbocycles.